The van der Waals surface area contributed by atoms with Crippen LogP contribution >= 0.6 is 0 Å². The Balaban J connectivity index is 1.91. The van der Waals surface area contributed by atoms with Gasteiger partial charge in [0.2, 0.25) is 0 Å². The van der Waals surface area contributed by atoms with Crippen LogP contribution in [-0.2, 0) is 0 Å². The number of carbonyl (C=O) groups is 1. The van der Waals surface area contributed by atoms with Crippen molar-refractivity contribution in [1.82, 2.24) is 0 Å². The molecule has 0 saturated heterocycles. The molecule has 1 aliphatic carbocycles. The van der Waals surface area contributed by atoms with Gasteiger partial charge >= 0.3 is 0 Å². The lowest BCUT2D eigenvalue weighted by Crippen LogP contribution is -2.18. The van der Waals surface area contributed by atoms with Crippen LogP contribution in [0.2, 0.25) is 0 Å². The summed E-state index contributed by atoms with van der Waals surface area (Å²) in [7, 11) is 0. The molecule has 2 nitrogen and oxygen atoms in total. The second-order valence-electron chi connectivity index (χ2n) is 5.39. The summed E-state index contributed by atoms with van der Waals surface area (Å²) >= 11 is 0. The summed E-state index contributed by atoms with van der Waals surface area (Å²) in [5.74, 6) is 0.289. The molecular formula is C18H18O2. The predicted octanol–water partition coefficient (Wildman–Crippen LogP) is 3.87. The van der Waals surface area contributed by atoms with Gasteiger partial charge < -0.3 is 5.11 Å². The molecule has 2 aromatic carbocycles. The summed E-state index contributed by atoms with van der Waals surface area (Å²) in [6, 6.07) is 16.8. The summed E-state index contributed by atoms with van der Waals surface area (Å²) in [5.41, 5.74) is 2.42. The molecule has 0 spiro atoms. The minimum absolute atomic E-state index is 0.196. The van der Waals surface area contributed by atoms with Crippen LogP contribution in [0.25, 0.3) is 0 Å². The van der Waals surface area contributed by atoms with Crippen LogP contribution in [0.5, 0.6) is 0 Å². The summed E-state index contributed by atoms with van der Waals surface area (Å²) < 4.78 is 0. The van der Waals surface area contributed by atoms with Gasteiger partial charge in [-0.15, -0.1) is 0 Å². The highest BCUT2D eigenvalue weighted by molar-refractivity contribution is 6.01. The molecular weight excluding hydrogens is 248 g/mol. The fourth-order valence-corrected chi connectivity index (χ4v) is 2.73. The van der Waals surface area contributed by atoms with E-state index in [4.69, 9.17) is 0 Å². The Morgan fingerprint density at radius 2 is 1.65 bits per heavy atom. The van der Waals surface area contributed by atoms with E-state index in [0.717, 1.165) is 18.4 Å². The van der Waals surface area contributed by atoms with Gasteiger partial charge in [0.15, 0.2) is 5.78 Å². The number of carbonyl (C=O) groups excluding carboxylic acids is 1. The topological polar surface area (TPSA) is 37.3 Å². The minimum atomic E-state index is -1.07. The van der Waals surface area contributed by atoms with Crippen molar-refractivity contribution in [3.63, 3.8) is 0 Å². The van der Waals surface area contributed by atoms with Gasteiger partial charge in [-0.1, -0.05) is 61.0 Å². The van der Waals surface area contributed by atoms with Gasteiger partial charge in [-0.3, -0.25) is 4.79 Å². The lowest BCUT2D eigenvalue weighted by molar-refractivity contribution is 0.0745. The van der Waals surface area contributed by atoms with Gasteiger partial charge in [0.05, 0.1) is 0 Å². The molecule has 1 N–H and O–H groups in total. The van der Waals surface area contributed by atoms with Crippen molar-refractivity contribution in [2.75, 3.05) is 0 Å². The fraction of sp³-hybridized carbons (Fsp3) is 0.278. The summed E-state index contributed by atoms with van der Waals surface area (Å²) in [5, 5.41) is 10.3. The Morgan fingerprint density at radius 3 is 2.30 bits per heavy atom. The average Bonchev–Trinajstić information content (AvgIpc) is 2.45. The molecule has 1 saturated carbocycles. The molecule has 0 amide bonds. The van der Waals surface area contributed by atoms with E-state index >= 15 is 0 Å². The maximum atomic E-state index is 12.6. The van der Waals surface area contributed by atoms with E-state index in [0.29, 0.717) is 17.0 Å². The second-order valence-corrected chi connectivity index (χ2v) is 5.39. The zero-order chi connectivity index (χ0) is 13.9. The van der Waals surface area contributed by atoms with Crippen LogP contribution in [0.3, 0.4) is 0 Å². The van der Waals surface area contributed by atoms with E-state index in [9.17, 15) is 9.90 Å². The first-order valence-corrected chi connectivity index (χ1v) is 7.13. The van der Waals surface area contributed by atoms with Crippen molar-refractivity contribution in [3.05, 3.63) is 71.3 Å². The first-order chi connectivity index (χ1) is 9.77. The zero-order valence-electron chi connectivity index (χ0n) is 11.3. The van der Waals surface area contributed by atoms with Gasteiger partial charge in [-0.25, -0.2) is 0 Å². The fourth-order valence-electron chi connectivity index (χ4n) is 2.73. The van der Waals surface area contributed by atoms with Crippen molar-refractivity contribution >= 4 is 5.78 Å². The molecule has 0 aromatic heterocycles. The standard InChI is InChI=1S/C18H18O2/c19-17(14-7-2-1-3-8-14)18(20)16-12-5-4-11-15(16)13-9-6-10-13/h1-5,7-8,11-13,17,19H,6,9-10H2. The molecule has 2 heteroatoms. The number of hydrogen-bond acceptors (Lipinski definition) is 2. The number of benzene rings is 2. The van der Waals surface area contributed by atoms with E-state index in [2.05, 4.69) is 0 Å². The lowest BCUT2D eigenvalue weighted by atomic mass is 9.77. The minimum Gasteiger partial charge on any atom is -0.380 e. The van der Waals surface area contributed by atoms with Gasteiger partial charge in [0.25, 0.3) is 0 Å². The molecule has 0 bridgehead atoms. The van der Waals surface area contributed by atoms with Crippen LogP contribution in [0.15, 0.2) is 54.6 Å². The highest BCUT2D eigenvalue weighted by atomic mass is 16.3. The summed E-state index contributed by atoms with van der Waals surface area (Å²) in [6.45, 7) is 0. The van der Waals surface area contributed by atoms with E-state index < -0.39 is 6.10 Å². The van der Waals surface area contributed by atoms with Crippen molar-refractivity contribution < 1.29 is 9.90 Å². The third-order valence-corrected chi connectivity index (χ3v) is 4.13. The molecule has 1 fully saturated rings. The second kappa shape index (κ2) is 5.59. The summed E-state index contributed by atoms with van der Waals surface area (Å²) in [6.07, 6.45) is 2.45. The third-order valence-electron chi connectivity index (χ3n) is 4.13. The molecule has 0 radical (unpaired) electrons. The number of aliphatic hydroxyl groups is 1. The van der Waals surface area contributed by atoms with Crippen LogP contribution in [0.1, 0.15) is 52.8 Å². The molecule has 2 aromatic rings. The van der Waals surface area contributed by atoms with Gasteiger partial charge in [-0.2, -0.15) is 0 Å². The molecule has 0 heterocycles. The van der Waals surface area contributed by atoms with Gasteiger partial charge in [-0.05, 0) is 29.9 Å². The van der Waals surface area contributed by atoms with Crippen molar-refractivity contribution in [3.8, 4) is 0 Å². The highest BCUT2D eigenvalue weighted by Crippen LogP contribution is 2.38. The maximum Gasteiger partial charge on any atom is 0.196 e. The summed E-state index contributed by atoms with van der Waals surface area (Å²) in [4.78, 5) is 12.6. The number of rotatable bonds is 4. The number of aliphatic hydroxyl groups excluding tert-OH is 1. The van der Waals surface area contributed by atoms with E-state index in [-0.39, 0.29) is 5.78 Å². The van der Waals surface area contributed by atoms with Crippen molar-refractivity contribution in [2.45, 2.75) is 31.3 Å². The molecule has 1 aliphatic rings. The molecule has 20 heavy (non-hydrogen) atoms. The van der Waals surface area contributed by atoms with Crippen LogP contribution in [0, 0.1) is 0 Å². The van der Waals surface area contributed by atoms with E-state index in [1.165, 1.54) is 6.42 Å². The number of Topliss-reactive ketones (excluding diaryl/α,β-unsaturated/α-hetero) is 1. The number of ketones is 1. The largest absolute Gasteiger partial charge is 0.380 e. The monoisotopic (exact) mass is 266 g/mol. The number of hydrogen-bond donors (Lipinski definition) is 1. The smallest absolute Gasteiger partial charge is 0.196 e. The lowest BCUT2D eigenvalue weighted by Gasteiger charge is -2.28. The average molecular weight is 266 g/mol. The van der Waals surface area contributed by atoms with Crippen molar-refractivity contribution in [1.29, 1.82) is 0 Å². The van der Waals surface area contributed by atoms with Crippen LogP contribution in [0.4, 0.5) is 0 Å². The van der Waals surface area contributed by atoms with E-state index in [1.54, 1.807) is 12.1 Å². The molecule has 1 atom stereocenters. The van der Waals surface area contributed by atoms with Gasteiger partial charge in [0.1, 0.15) is 6.10 Å². The van der Waals surface area contributed by atoms with Gasteiger partial charge in [0, 0.05) is 5.56 Å². The Hall–Kier alpha value is -1.93. The first kappa shape index (κ1) is 13.1. The maximum absolute atomic E-state index is 12.6. The van der Waals surface area contributed by atoms with Crippen LogP contribution in [-0.4, -0.2) is 10.9 Å². The highest BCUT2D eigenvalue weighted by Gasteiger charge is 2.27. The normalized spacial score (nSPS) is 16.4. The zero-order valence-corrected chi connectivity index (χ0v) is 11.3. The quantitative estimate of drug-likeness (QED) is 0.853. The first-order valence-electron chi connectivity index (χ1n) is 7.13. The Bertz CT molecular complexity index is 600. The Morgan fingerprint density at radius 1 is 1.00 bits per heavy atom. The molecule has 0 aliphatic heterocycles. The van der Waals surface area contributed by atoms with Crippen LogP contribution < -0.4 is 0 Å². The van der Waals surface area contributed by atoms with Crippen molar-refractivity contribution in [2.24, 2.45) is 0 Å². The molecule has 3 rings (SSSR count). The Labute approximate surface area is 119 Å². The van der Waals surface area contributed by atoms with E-state index in [1.807, 2.05) is 42.5 Å². The molecule has 1 unspecified atom stereocenters. The molecule has 102 valence electrons. The Kier molecular flexibility index (Phi) is 3.66. The predicted molar refractivity (Wildman–Crippen MR) is 78.8 cm³/mol. The third kappa shape index (κ3) is 2.39. The SMILES string of the molecule is O=C(c1ccccc1C1CCC1)C(O)c1ccccc1.